The lowest BCUT2D eigenvalue weighted by Crippen LogP contribution is -2.13. The van der Waals surface area contributed by atoms with Crippen LogP contribution >= 0.6 is 0 Å². The molecule has 1 aromatic heterocycles. The average molecular weight is 228 g/mol. The van der Waals surface area contributed by atoms with Crippen LogP contribution in [0.2, 0.25) is 0 Å². The second-order valence-electron chi connectivity index (χ2n) is 3.05. The minimum absolute atomic E-state index is 0.0561. The lowest BCUT2D eigenvalue weighted by Gasteiger charge is -1.98. The third-order valence-electron chi connectivity index (χ3n) is 1.91. The first-order chi connectivity index (χ1) is 7.54. The summed E-state index contributed by atoms with van der Waals surface area (Å²) in [5, 5.41) is 10.7. The Kier molecular flexibility index (Phi) is 3.87. The van der Waals surface area contributed by atoms with Crippen LogP contribution in [0.3, 0.4) is 0 Å². The molecule has 0 aliphatic heterocycles. The van der Waals surface area contributed by atoms with E-state index in [1.165, 1.54) is 0 Å². The molecule has 0 bridgehead atoms. The van der Waals surface area contributed by atoms with Gasteiger partial charge in [0.05, 0.1) is 6.61 Å². The largest absolute Gasteiger partial charge is 0.466 e. The number of aromatic nitrogens is 2. The highest BCUT2D eigenvalue weighted by atomic mass is 16.5. The van der Waals surface area contributed by atoms with Gasteiger partial charge in [0.2, 0.25) is 0 Å². The van der Waals surface area contributed by atoms with E-state index in [1.54, 1.807) is 6.92 Å². The Balaban J connectivity index is 2.64. The molecule has 1 aromatic rings. The van der Waals surface area contributed by atoms with Gasteiger partial charge in [-0.1, -0.05) is 0 Å². The van der Waals surface area contributed by atoms with Crippen LogP contribution in [0.1, 0.15) is 18.9 Å². The summed E-state index contributed by atoms with van der Waals surface area (Å²) in [6.07, 6.45) is 0.0956. The van der Waals surface area contributed by atoms with E-state index in [4.69, 9.17) is 5.11 Å². The van der Waals surface area contributed by atoms with Gasteiger partial charge in [0, 0.05) is 18.2 Å². The number of carbonyl (C=O) groups is 2. The molecule has 0 saturated carbocycles. The fourth-order valence-electron chi connectivity index (χ4n) is 1.18. The van der Waals surface area contributed by atoms with Crippen LogP contribution in [0.5, 0.6) is 0 Å². The van der Waals surface area contributed by atoms with E-state index >= 15 is 0 Å². The lowest BCUT2D eigenvalue weighted by atomic mass is 10.2. The molecule has 7 heteroatoms. The van der Waals surface area contributed by atoms with Crippen molar-refractivity contribution < 1.29 is 19.4 Å². The van der Waals surface area contributed by atoms with Crippen molar-refractivity contribution in [1.82, 2.24) is 9.78 Å². The highest BCUT2D eigenvalue weighted by molar-refractivity contribution is 5.70. The summed E-state index contributed by atoms with van der Waals surface area (Å²) in [5.74, 6) is -0.412. The topological polar surface area (TPSA) is 101 Å². The summed E-state index contributed by atoms with van der Waals surface area (Å²) >= 11 is 0. The van der Waals surface area contributed by atoms with Gasteiger partial charge in [-0.2, -0.15) is 4.68 Å². The zero-order chi connectivity index (χ0) is 12.1. The molecule has 0 fully saturated rings. The van der Waals surface area contributed by atoms with Crippen molar-refractivity contribution in [2.24, 2.45) is 0 Å². The van der Waals surface area contributed by atoms with Gasteiger partial charge in [0.1, 0.15) is 0 Å². The summed E-state index contributed by atoms with van der Waals surface area (Å²) in [6, 6.07) is 0. The fourth-order valence-corrected chi connectivity index (χ4v) is 1.18. The average Bonchev–Trinajstić information content (AvgIpc) is 2.58. The first-order valence-corrected chi connectivity index (χ1v) is 4.74. The molecule has 0 aliphatic carbocycles. The van der Waals surface area contributed by atoms with E-state index in [2.05, 4.69) is 9.84 Å². The van der Waals surface area contributed by atoms with Crippen molar-refractivity contribution in [3.05, 3.63) is 22.1 Å². The summed E-state index contributed by atoms with van der Waals surface area (Å²) in [4.78, 5) is 32.7. The number of aromatic amines is 1. The Labute approximate surface area is 90.6 Å². The third-order valence-corrected chi connectivity index (χ3v) is 1.91. The molecular weight excluding hydrogens is 216 g/mol. The minimum Gasteiger partial charge on any atom is -0.466 e. The first-order valence-electron chi connectivity index (χ1n) is 4.74. The van der Waals surface area contributed by atoms with Gasteiger partial charge in [0.15, 0.2) is 0 Å². The van der Waals surface area contributed by atoms with E-state index in [0.29, 0.717) is 4.68 Å². The van der Waals surface area contributed by atoms with Crippen LogP contribution in [0.4, 0.5) is 4.79 Å². The molecule has 0 aliphatic rings. The van der Waals surface area contributed by atoms with E-state index in [9.17, 15) is 14.4 Å². The lowest BCUT2D eigenvalue weighted by molar-refractivity contribution is -0.143. The molecule has 0 atom stereocenters. The van der Waals surface area contributed by atoms with Gasteiger partial charge < -0.3 is 9.84 Å². The number of esters is 1. The first kappa shape index (κ1) is 12.0. The van der Waals surface area contributed by atoms with Crippen molar-refractivity contribution in [3.63, 3.8) is 0 Å². The molecule has 0 unspecified atom stereocenters. The zero-order valence-corrected chi connectivity index (χ0v) is 8.73. The Hall–Kier alpha value is -2.05. The third kappa shape index (κ3) is 2.97. The van der Waals surface area contributed by atoms with Crippen molar-refractivity contribution >= 4 is 12.1 Å². The van der Waals surface area contributed by atoms with Crippen LogP contribution < -0.4 is 5.56 Å². The molecule has 1 heterocycles. The van der Waals surface area contributed by atoms with Crippen molar-refractivity contribution in [3.8, 4) is 0 Å². The van der Waals surface area contributed by atoms with Gasteiger partial charge in [-0.25, -0.2) is 4.79 Å². The molecule has 7 nitrogen and oxygen atoms in total. The van der Waals surface area contributed by atoms with E-state index in [0.717, 1.165) is 6.20 Å². The minimum atomic E-state index is -1.28. The van der Waals surface area contributed by atoms with Crippen molar-refractivity contribution in [1.29, 1.82) is 0 Å². The monoisotopic (exact) mass is 228 g/mol. The van der Waals surface area contributed by atoms with E-state index < -0.39 is 17.6 Å². The Bertz CT molecular complexity index is 445. The Morgan fingerprint density at radius 1 is 1.56 bits per heavy atom. The predicted molar refractivity (Wildman–Crippen MR) is 53.4 cm³/mol. The Morgan fingerprint density at radius 3 is 2.75 bits per heavy atom. The second-order valence-corrected chi connectivity index (χ2v) is 3.05. The zero-order valence-electron chi connectivity index (χ0n) is 8.73. The molecule has 16 heavy (non-hydrogen) atoms. The number of H-pyrrole nitrogens is 1. The van der Waals surface area contributed by atoms with Crippen LogP contribution in [0, 0.1) is 0 Å². The molecule has 0 saturated heterocycles. The van der Waals surface area contributed by atoms with Crippen LogP contribution in [0.25, 0.3) is 0 Å². The number of rotatable bonds is 4. The summed E-state index contributed by atoms with van der Waals surface area (Å²) in [7, 11) is 0. The second kappa shape index (κ2) is 5.15. The smallest absolute Gasteiger partial charge is 0.430 e. The van der Waals surface area contributed by atoms with Crippen molar-refractivity contribution in [2.75, 3.05) is 6.61 Å². The van der Waals surface area contributed by atoms with E-state index in [1.807, 2.05) is 0 Å². The standard InChI is InChI=1S/C9H12N2O5/c1-2-16-7(12)4-3-6-5-11(9(14)15)10-8(6)13/h5H,2-4H2,1H3,(H,10,13)(H,14,15). The Morgan fingerprint density at radius 2 is 2.25 bits per heavy atom. The van der Waals surface area contributed by atoms with Gasteiger partial charge >= 0.3 is 12.1 Å². The molecule has 0 amide bonds. The SMILES string of the molecule is CCOC(=O)CCc1cn(C(=O)O)[nH]c1=O. The molecular formula is C9H12N2O5. The maximum absolute atomic E-state index is 11.2. The molecule has 88 valence electrons. The number of hydrogen-bond donors (Lipinski definition) is 2. The number of nitrogens with one attached hydrogen (secondary N) is 1. The number of carbonyl (C=O) groups excluding carboxylic acids is 1. The van der Waals surface area contributed by atoms with Gasteiger partial charge in [-0.3, -0.25) is 14.7 Å². The summed E-state index contributed by atoms with van der Waals surface area (Å²) in [6.45, 7) is 1.97. The number of aryl methyl sites for hydroxylation is 1. The highest BCUT2D eigenvalue weighted by Gasteiger charge is 2.10. The van der Waals surface area contributed by atoms with Gasteiger partial charge in [0.25, 0.3) is 5.56 Å². The normalized spacial score (nSPS) is 10.1. The number of ether oxygens (including phenoxy) is 1. The predicted octanol–water partition coefficient (Wildman–Crippen LogP) is 0.198. The highest BCUT2D eigenvalue weighted by Crippen LogP contribution is 1.98. The van der Waals surface area contributed by atoms with E-state index in [-0.39, 0.29) is 25.0 Å². The quantitative estimate of drug-likeness (QED) is 0.716. The maximum Gasteiger partial charge on any atom is 0.430 e. The fraction of sp³-hybridized carbons (Fsp3) is 0.444. The molecule has 1 rings (SSSR count). The maximum atomic E-state index is 11.2. The van der Waals surface area contributed by atoms with Crippen LogP contribution in [-0.4, -0.2) is 33.6 Å². The van der Waals surface area contributed by atoms with Crippen LogP contribution in [0.15, 0.2) is 11.0 Å². The molecule has 0 spiro atoms. The number of hydrogen-bond acceptors (Lipinski definition) is 4. The molecule has 0 radical (unpaired) electrons. The molecule has 0 aromatic carbocycles. The van der Waals surface area contributed by atoms with Gasteiger partial charge in [-0.05, 0) is 13.3 Å². The molecule has 2 N–H and O–H groups in total. The number of carboxylic acid groups (broad SMARTS) is 1. The summed E-state index contributed by atoms with van der Waals surface area (Å²) in [5.41, 5.74) is -0.262. The summed E-state index contributed by atoms with van der Waals surface area (Å²) < 4.78 is 5.34. The van der Waals surface area contributed by atoms with Crippen LogP contribution in [-0.2, 0) is 16.0 Å². The van der Waals surface area contributed by atoms with Crippen molar-refractivity contribution in [2.45, 2.75) is 19.8 Å². The van der Waals surface area contributed by atoms with Gasteiger partial charge in [-0.15, -0.1) is 0 Å². The number of nitrogens with zero attached hydrogens (tertiary/aromatic N) is 1.